The van der Waals surface area contributed by atoms with Gasteiger partial charge in [-0.1, -0.05) is 35.9 Å². The molecule has 0 radical (unpaired) electrons. The average molecular weight is 430 g/mol. The third-order valence-electron chi connectivity index (χ3n) is 4.34. The lowest BCUT2D eigenvalue weighted by Crippen LogP contribution is -2.40. The molecule has 5 heteroatoms. The Labute approximate surface area is 148 Å². The molecule has 0 aromatic carbocycles. The molecule has 0 bridgehead atoms. The van der Waals surface area contributed by atoms with E-state index in [4.69, 9.17) is 11.6 Å². The first-order valence-corrected chi connectivity index (χ1v) is 8.95. The van der Waals surface area contributed by atoms with E-state index in [1.165, 1.54) is 3.58 Å². The van der Waals surface area contributed by atoms with Crippen LogP contribution in [0.25, 0.3) is 0 Å². The number of hydrogen-bond acceptors (Lipinski definition) is 2. The number of hydrogen-bond donors (Lipinski definition) is 1. The Morgan fingerprint density at radius 2 is 2.14 bits per heavy atom. The van der Waals surface area contributed by atoms with E-state index in [0.29, 0.717) is 22.9 Å². The number of Topliss-reactive ketones (excluding diaryl/α,β-unsaturated/α-hetero) is 1. The molecule has 1 amide bonds. The molecule has 0 saturated carbocycles. The average Bonchev–Trinajstić information content (AvgIpc) is 2.61. The third kappa shape index (κ3) is 3.38. The van der Waals surface area contributed by atoms with Gasteiger partial charge in [-0.25, -0.2) is 0 Å². The van der Waals surface area contributed by atoms with Crippen LogP contribution in [-0.4, -0.2) is 17.7 Å². The first kappa shape index (κ1) is 16.0. The summed E-state index contributed by atoms with van der Waals surface area (Å²) in [5.74, 6) is 0.199. The lowest BCUT2D eigenvalue weighted by Gasteiger charge is -2.20. The van der Waals surface area contributed by atoms with Crippen molar-refractivity contribution in [2.45, 2.75) is 38.1 Å². The zero-order valence-electron chi connectivity index (χ0n) is 12.1. The van der Waals surface area contributed by atoms with Crippen LogP contribution in [-0.2, 0) is 9.59 Å². The molecule has 1 unspecified atom stereocenters. The van der Waals surface area contributed by atoms with Crippen LogP contribution in [0.2, 0.25) is 0 Å². The van der Waals surface area contributed by atoms with Crippen molar-refractivity contribution in [1.29, 1.82) is 0 Å². The molecule has 3 aliphatic rings. The normalized spacial score (nSPS) is 28.6. The van der Waals surface area contributed by atoms with E-state index < -0.39 is 6.04 Å². The van der Waals surface area contributed by atoms with E-state index in [9.17, 15) is 9.59 Å². The summed E-state index contributed by atoms with van der Waals surface area (Å²) in [5, 5.41) is 3.56. The predicted molar refractivity (Wildman–Crippen MR) is 95.7 cm³/mol. The SMILES string of the molecule is O=C1N[C@H](CC2C=CC(I)=CC2)C(=O)CC2=C(Cl)CCC=C12. The van der Waals surface area contributed by atoms with Crippen LogP contribution >= 0.6 is 34.2 Å². The molecule has 3 rings (SSSR count). The van der Waals surface area contributed by atoms with Crippen LogP contribution in [0.4, 0.5) is 0 Å². The highest BCUT2D eigenvalue weighted by atomic mass is 127. The van der Waals surface area contributed by atoms with Crippen LogP contribution in [0.5, 0.6) is 0 Å². The summed E-state index contributed by atoms with van der Waals surface area (Å²) < 4.78 is 1.22. The van der Waals surface area contributed by atoms with Gasteiger partial charge in [0.25, 0.3) is 5.91 Å². The van der Waals surface area contributed by atoms with Crippen LogP contribution in [0.15, 0.2) is 44.1 Å². The molecule has 22 heavy (non-hydrogen) atoms. The molecular weight excluding hydrogens is 413 g/mol. The fourth-order valence-electron chi connectivity index (χ4n) is 3.10. The van der Waals surface area contributed by atoms with Gasteiger partial charge in [-0.2, -0.15) is 0 Å². The van der Waals surface area contributed by atoms with Crippen LogP contribution < -0.4 is 5.32 Å². The van der Waals surface area contributed by atoms with Gasteiger partial charge in [0, 0.05) is 20.6 Å². The zero-order chi connectivity index (χ0) is 15.7. The van der Waals surface area contributed by atoms with Gasteiger partial charge in [0.2, 0.25) is 0 Å². The summed E-state index contributed by atoms with van der Waals surface area (Å²) in [6, 6.07) is -0.422. The molecule has 1 aliphatic heterocycles. The van der Waals surface area contributed by atoms with Crippen molar-refractivity contribution in [3.8, 4) is 0 Å². The number of ketones is 1. The van der Waals surface area contributed by atoms with Crippen molar-refractivity contribution >= 4 is 45.9 Å². The zero-order valence-corrected chi connectivity index (χ0v) is 15.0. The number of fused-ring (bicyclic) bond motifs is 1. The van der Waals surface area contributed by atoms with Crippen LogP contribution in [0.1, 0.15) is 32.1 Å². The van der Waals surface area contributed by atoms with E-state index >= 15 is 0 Å². The number of halogens is 2. The second-order valence-electron chi connectivity index (χ2n) is 5.89. The molecule has 3 nitrogen and oxygen atoms in total. The van der Waals surface area contributed by atoms with Crippen LogP contribution in [0.3, 0.4) is 0 Å². The Hall–Kier alpha value is -0.880. The molecule has 2 atom stereocenters. The quantitative estimate of drug-likeness (QED) is 0.676. The summed E-state index contributed by atoms with van der Waals surface area (Å²) in [5.41, 5.74) is 1.33. The summed E-state index contributed by atoms with van der Waals surface area (Å²) in [4.78, 5) is 24.9. The minimum atomic E-state index is -0.422. The lowest BCUT2D eigenvalue weighted by atomic mass is 9.89. The van der Waals surface area contributed by atoms with Crippen molar-refractivity contribution in [3.63, 3.8) is 0 Å². The Bertz CT molecular complexity index is 645. The molecule has 1 saturated heterocycles. The Morgan fingerprint density at radius 3 is 2.86 bits per heavy atom. The first-order valence-electron chi connectivity index (χ1n) is 7.50. The van der Waals surface area contributed by atoms with Gasteiger partial charge in [0.1, 0.15) is 0 Å². The second-order valence-corrected chi connectivity index (χ2v) is 7.59. The smallest absolute Gasteiger partial charge is 0.251 e. The van der Waals surface area contributed by atoms with Crippen LogP contribution in [0, 0.1) is 5.92 Å². The Kier molecular flexibility index (Phi) is 4.88. The van der Waals surface area contributed by atoms with Gasteiger partial charge in [-0.15, -0.1) is 0 Å². The van der Waals surface area contributed by atoms with E-state index in [-0.39, 0.29) is 18.1 Å². The number of nitrogens with one attached hydrogen (secondary N) is 1. The Morgan fingerprint density at radius 1 is 1.32 bits per heavy atom. The van der Waals surface area contributed by atoms with Crippen molar-refractivity contribution in [2.75, 3.05) is 0 Å². The van der Waals surface area contributed by atoms with E-state index in [1.54, 1.807) is 0 Å². The molecular formula is C17H17ClINO2. The van der Waals surface area contributed by atoms with Gasteiger partial charge >= 0.3 is 0 Å². The maximum Gasteiger partial charge on any atom is 0.251 e. The molecule has 0 aromatic heterocycles. The number of rotatable bonds is 2. The minimum Gasteiger partial charge on any atom is -0.342 e. The molecule has 0 spiro atoms. The maximum absolute atomic E-state index is 12.5. The molecule has 1 N–H and O–H groups in total. The summed E-state index contributed by atoms with van der Waals surface area (Å²) in [6.45, 7) is 0. The predicted octanol–water partition coefficient (Wildman–Crippen LogP) is 3.94. The summed E-state index contributed by atoms with van der Waals surface area (Å²) >= 11 is 8.52. The summed E-state index contributed by atoms with van der Waals surface area (Å²) in [7, 11) is 0. The molecule has 2 aliphatic carbocycles. The van der Waals surface area contributed by atoms with Gasteiger partial charge in [-0.05, 0) is 59.8 Å². The molecule has 0 aromatic rings. The molecule has 116 valence electrons. The number of carbonyl (C=O) groups is 2. The fourth-order valence-corrected chi connectivity index (χ4v) is 3.84. The topological polar surface area (TPSA) is 46.2 Å². The highest BCUT2D eigenvalue weighted by Gasteiger charge is 2.33. The van der Waals surface area contributed by atoms with E-state index in [1.807, 2.05) is 6.08 Å². The van der Waals surface area contributed by atoms with Gasteiger partial charge in [-0.3, -0.25) is 9.59 Å². The molecule has 1 heterocycles. The number of amides is 1. The van der Waals surface area contributed by atoms with Crippen molar-refractivity contribution in [1.82, 2.24) is 5.32 Å². The second kappa shape index (κ2) is 6.71. The maximum atomic E-state index is 12.5. The highest BCUT2D eigenvalue weighted by molar-refractivity contribution is 14.1. The van der Waals surface area contributed by atoms with Gasteiger partial charge in [0.15, 0.2) is 5.78 Å². The van der Waals surface area contributed by atoms with Crippen molar-refractivity contribution in [2.24, 2.45) is 5.92 Å². The highest BCUT2D eigenvalue weighted by Crippen LogP contribution is 2.33. The van der Waals surface area contributed by atoms with Gasteiger partial charge < -0.3 is 5.32 Å². The lowest BCUT2D eigenvalue weighted by molar-refractivity contribution is -0.124. The third-order valence-corrected chi connectivity index (χ3v) is 5.55. The van der Waals surface area contributed by atoms with Crippen molar-refractivity contribution < 1.29 is 9.59 Å². The fraction of sp³-hybridized carbons (Fsp3) is 0.412. The standard InChI is InChI=1S/C17H17ClINO2/c18-14-3-1-2-12-13(14)9-16(21)15(20-17(12)22)8-10-4-6-11(19)7-5-10/h2,4,6-7,10,15H,1,3,5,8-9H2,(H,20,22)/t10?,15-/m1/s1. The van der Waals surface area contributed by atoms with E-state index in [2.05, 4.69) is 46.1 Å². The Balaban J connectivity index is 1.77. The molecule has 1 fully saturated rings. The monoisotopic (exact) mass is 429 g/mol. The largest absolute Gasteiger partial charge is 0.342 e. The number of allylic oxidation sites excluding steroid dienone is 6. The van der Waals surface area contributed by atoms with E-state index in [0.717, 1.165) is 24.8 Å². The number of carbonyl (C=O) groups excluding carboxylic acids is 2. The summed E-state index contributed by atoms with van der Waals surface area (Å²) in [6.07, 6.45) is 11.6. The van der Waals surface area contributed by atoms with Gasteiger partial charge in [0.05, 0.1) is 6.04 Å². The van der Waals surface area contributed by atoms with Crippen molar-refractivity contribution in [3.05, 3.63) is 44.1 Å². The first-order chi connectivity index (χ1) is 10.5. The minimum absolute atomic E-state index is 0.0597.